The van der Waals surface area contributed by atoms with Crippen LogP contribution >= 0.6 is 11.6 Å². The fourth-order valence-electron chi connectivity index (χ4n) is 4.16. The van der Waals surface area contributed by atoms with Crippen LogP contribution in [0, 0.1) is 12.8 Å². The van der Waals surface area contributed by atoms with Crippen molar-refractivity contribution in [3.8, 4) is 11.5 Å². The molecule has 1 amide bonds. The molecule has 3 aliphatic rings. The second kappa shape index (κ2) is 8.08. The molecule has 0 unspecified atom stereocenters. The summed E-state index contributed by atoms with van der Waals surface area (Å²) in [6.07, 6.45) is 2.42. The number of carbonyl (C=O) groups excluding carboxylic acids is 2. The van der Waals surface area contributed by atoms with Crippen LogP contribution < -0.4 is 9.47 Å². The van der Waals surface area contributed by atoms with E-state index in [-0.39, 0.29) is 24.0 Å². The predicted octanol–water partition coefficient (Wildman–Crippen LogP) is 4.27. The SMILES string of the molecule is Cc1cc2c(c(OCC3CC3)c1Cl)C(=O)N1C[C@H](OC(=O)c3ccccc3)C[C@@H]1CO2. The van der Waals surface area contributed by atoms with E-state index in [0.717, 1.165) is 18.4 Å². The van der Waals surface area contributed by atoms with Crippen molar-refractivity contribution < 1.29 is 23.8 Å². The Kier molecular flexibility index (Phi) is 5.26. The smallest absolute Gasteiger partial charge is 0.338 e. The zero-order valence-electron chi connectivity index (χ0n) is 17.3. The number of amides is 1. The highest BCUT2D eigenvalue weighted by molar-refractivity contribution is 6.33. The Balaban J connectivity index is 1.37. The highest BCUT2D eigenvalue weighted by Crippen LogP contribution is 2.43. The summed E-state index contributed by atoms with van der Waals surface area (Å²) in [4.78, 5) is 27.7. The van der Waals surface area contributed by atoms with Crippen molar-refractivity contribution in [1.29, 1.82) is 0 Å². The highest BCUT2D eigenvalue weighted by Gasteiger charge is 2.42. The standard InChI is InChI=1S/C24H24ClNO5/c1-14-9-19-20(22(21(14)25)30-12-15-7-8-15)23(27)26-11-18(10-17(26)13-29-19)31-24(28)16-5-3-2-4-6-16/h2-6,9,15,17-18H,7-8,10-13H2,1H3/t17-,18-/m1/s1. The van der Waals surface area contributed by atoms with Crippen molar-refractivity contribution in [3.63, 3.8) is 0 Å². The van der Waals surface area contributed by atoms with Crippen molar-refractivity contribution in [2.45, 2.75) is 38.3 Å². The average molecular weight is 442 g/mol. The second-order valence-electron chi connectivity index (χ2n) is 8.52. The van der Waals surface area contributed by atoms with E-state index in [1.54, 1.807) is 35.2 Å². The average Bonchev–Trinajstić information content (AvgIpc) is 3.53. The largest absolute Gasteiger partial charge is 0.491 e. The van der Waals surface area contributed by atoms with Gasteiger partial charge in [-0.2, -0.15) is 0 Å². The van der Waals surface area contributed by atoms with E-state index in [2.05, 4.69) is 0 Å². The number of carbonyl (C=O) groups is 2. The number of benzene rings is 2. The number of esters is 1. The molecule has 1 saturated heterocycles. The minimum atomic E-state index is -0.386. The Morgan fingerprint density at radius 2 is 2.03 bits per heavy atom. The van der Waals surface area contributed by atoms with Crippen LogP contribution in [0.5, 0.6) is 11.5 Å². The Morgan fingerprint density at radius 1 is 1.26 bits per heavy atom. The van der Waals surface area contributed by atoms with E-state index in [9.17, 15) is 9.59 Å². The third-order valence-electron chi connectivity index (χ3n) is 6.09. The topological polar surface area (TPSA) is 65.1 Å². The van der Waals surface area contributed by atoms with Gasteiger partial charge in [0.2, 0.25) is 0 Å². The Morgan fingerprint density at radius 3 is 2.77 bits per heavy atom. The number of halogens is 1. The number of fused-ring (bicyclic) bond motifs is 2. The molecule has 0 spiro atoms. The maximum Gasteiger partial charge on any atom is 0.338 e. The van der Waals surface area contributed by atoms with Crippen LogP contribution in [0.2, 0.25) is 5.02 Å². The van der Waals surface area contributed by atoms with E-state index in [0.29, 0.717) is 59.7 Å². The van der Waals surface area contributed by atoms with Gasteiger partial charge in [-0.15, -0.1) is 0 Å². The van der Waals surface area contributed by atoms with Gasteiger partial charge in [0.05, 0.1) is 29.8 Å². The normalized spacial score (nSPS) is 22.3. The molecule has 2 atom stereocenters. The van der Waals surface area contributed by atoms with Crippen molar-refractivity contribution in [1.82, 2.24) is 4.90 Å². The van der Waals surface area contributed by atoms with Crippen LogP contribution in [0.1, 0.15) is 45.5 Å². The van der Waals surface area contributed by atoms with Gasteiger partial charge >= 0.3 is 5.97 Å². The van der Waals surface area contributed by atoms with E-state index >= 15 is 0 Å². The van der Waals surface area contributed by atoms with Crippen molar-refractivity contribution in [2.75, 3.05) is 19.8 Å². The summed E-state index contributed by atoms with van der Waals surface area (Å²) < 4.78 is 17.7. The van der Waals surface area contributed by atoms with E-state index in [1.165, 1.54) is 0 Å². The van der Waals surface area contributed by atoms with Crippen molar-refractivity contribution in [2.24, 2.45) is 5.92 Å². The molecule has 0 aromatic heterocycles. The molecule has 2 fully saturated rings. The summed E-state index contributed by atoms with van der Waals surface area (Å²) in [6, 6.07) is 10.5. The van der Waals surface area contributed by atoms with Crippen LogP contribution in [0.25, 0.3) is 0 Å². The summed E-state index contributed by atoms with van der Waals surface area (Å²) in [6.45, 7) is 3.08. The number of hydrogen-bond acceptors (Lipinski definition) is 5. The second-order valence-corrected chi connectivity index (χ2v) is 8.89. The van der Waals surface area contributed by atoms with Gasteiger partial charge < -0.3 is 19.1 Å². The number of ether oxygens (including phenoxy) is 3. The molecule has 1 aliphatic carbocycles. The quantitative estimate of drug-likeness (QED) is 0.648. The molecule has 0 bridgehead atoms. The van der Waals surface area contributed by atoms with Crippen LogP contribution in [0.3, 0.4) is 0 Å². The minimum Gasteiger partial charge on any atom is -0.491 e. The molecule has 1 saturated carbocycles. The molecule has 162 valence electrons. The molecule has 7 heteroatoms. The molecule has 31 heavy (non-hydrogen) atoms. The molecular weight excluding hydrogens is 418 g/mol. The van der Waals surface area contributed by atoms with Gasteiger partial charge in [0.15, 0.2) is 5.75 Å². The first-order valence-corrected chi connectivity index (χ1v) is 11.0. The first kappa shape index (κ1) is 20.2. The van der Waals surface area contributed by atoms with Crippen LogP contribution in [-0.4, -0.2) is 48.7 Å². The van der Waals surface area contributed by atoms with E-state index in [4.69, 9.17) is 25.8 Å². The molecule has 0 N–H and O–H groups in total. The molecule has 0 radical (unpaired) electrons. The fourth-order valence-corrected chi connectivity index (χ4v) is 4.36. The highest BCUT2D eigenvalue weighted by atomic mass is 35.5. The lowest BCUT2D eigenvalue weighted by Crippen LogP contribution is -2.37. The summed E-state index contributed by atoms with van der Waals surface area (Å²) in [5.74, 6) is 0.854. The zero-order chi connectivity index (χ0) is 21.5. The van der Waals surface area contributed by atoms with E-state index < -0.39 is 0 Å². The third-order valence-corrected chi connectivity index (χ3v) is 6.56. The fraction of sp³-hybridized carbons (Fsp3) is 0.417. The van der Waals surface area contributed by atoms with Gasteiger partial charge in [0.1, 0.15) is 24.0 Å². The lowest BCUT2D eigenvalue weighted by molar-refractivity contribution is 0.0314. The van der Waals surface area contributed by atoms with Crippen LogP contribution in [0.4, 0.5) is 0 Å². The molecule has 2 aliphatic heterocycles. The Labute approximate surface area is 186 Å². The minimum absolute atomic E-state index is 0.177. The molecule has 6 nitrogen and oxygen atoms in total. The summed E-state index contributed by atoms with van der Waals surface area (Å²) in [5, 5.41) is 0.445. The van der Waals surface area contributed by atoms with Gasteiger partial charge in [-0.3, -0.25) is 4.79 Å². The Hall–Kier alpha value is -2.73. The molecule has 5 rings (SSSR count). The third kappa shape index (κ3) is 3.97. The van der Waals surface area contributed by atoms with Gasteiger partial charge in [0, 0.05) is 6.42 Å². The van der Waals surface area contributed by atoms with Gasteiger partial charge in [-0.05, 0) is 49.4 Å². The van der Waals surface area contributed by atoms with Crippen LogP contribution in [-0.2, 0) is 4.74 Å². The van der Waals surface area contributed by atoms with E-state index in [1.807, 2.05) is 13.0 Å². The molecular formula is C24H24ClNO5. The number of hydrogen-bond donors (Lipinski definition) is 0. The number of nitrogens with zero attached hydrogens (tertiary/aromatic N) is 1. The molecule has 2 aromatic rings. The monoisotopic (exact) mass is 441 g/mol. The van der Waals surface area contributed by atoms with Gasteiger partial charge in [-0.1, -0.05) is 29.8 Å². The zero-order valence-corrected chi connectivity index (χ0v) is 18.1. The lowest BCUT2D eigenvalue weighted by atomic mass is 10.1. The molecule has 2 aromatic carbocycles. The van der Waals surface area contributed by atoms with Crippen molar-refractivity contribution in [3.05, 3.63) is 58.1 Å². The summed E-state index contributed by atoms with van der Waals surface area (Å²) >= 11 is 6.54. The Bertz CT molecular complexity index is 1020. The van der Waals surface area contributed by atoms with Gasteiger partial charge in [0.25, 0.3) is 5.91 Å². The van der Waals surface area contributed by atoms with Crippen molar-refractivity contribution >= 4 is 23.5 Å². The van der Waals surface area contributed by atoms with Gasteiger partial charge in [-0.25, -0.2) is 4.79 Å². The lowest BCUT2D eigenvalue weighted by Gasteiger charge is -2.21. The number of aryl methyl sites for hydroxylation is 1. The first-order chi connectivity index (χ1) is 15.0. The maximum atomic E-state index is 13.5. The first-order valence-electron chi connectivity index (χ1n) is 10.7. The maximum absolute atomic E-state index is 13.5. The summed E-state index contributed by atoms with van der Waals surface area (Å²) in [5.41, 5.74) is 1.68. The molecule has 2 heterocycles. The van der Waals surface area contributed by atoms with Crippen LogP contribution in [0.15, 0.2) is 36.4 Å². The summed E-state index contributed by atoms with van der Waals surface area (Å²) in [7, 11) is 0. The number of rotatable bonds is 5. The predicted molar refractivity (Wildman–Crippen MR) is 115 cm³/mol.